The van der Waals surface area contributed by atoms with Crippen LogP contribution in [0.4, 0.5) is 5.82 Å². The molecule has 2 rings (SSSR count). The number of carbonyl (C=O) groups is 1. The van der Waals surface area contributed by atoms with Crippen molar-refractivity contribution in [1.82, 2.24) is 9.66 Å². The Morgan fingerprint density at radius 1 is 1.24 bits per heavy atom. The molecule has 0 aliphatic heterocycles. The Bertz CT molecular complexity index is 540. The number of carbonyl (C=O) groups excluding carboxylic acids is 1. The fourth-order valence-corrected chi connectivity index (χ4v) is 1.58. The molecule has 0 spiro atoms. The van der Waals surface area contributed by atoms with Gasteiger partial charge in [-0.15, -0.1) is 0 Å². The van der Waals surface area contributed by atoms with E-state index in [4.69, 9.17) is 5.73 Å². The van der Waals surface area contributed by atoms with E-state index in [1.165, 1.54) is 0 Å². The highest BCUT2D eigenvalue weighted by Gasteiger charge is 2.09. The zero-order valence-electron chi connectivity index (χ0n) is 9.77. The molecular weight excluding hydrogens is 216 g/mol. The first-order chi connectivity index (χ1) is 8.08. The quantitative estimate of drug-likeness (QED) is 0.820. The van der Waals surface area contributed by atoms with Gasteiger partial charge in [0.25, 0.3) is 5.91 Å². The van der Waals surface area contributed by atoms with E-state index in [0.717, 1.165) is 11.4 Å². The first-order valence-corrected chi connectivity index (χ1v) is 5.27. The molecule has 0 radical (unpaired) electrons. The molecule has 0 saturated carbocycles. The van der Waals surface area contributed by atoms with E-state index in [0.29, 0.717) is 11.5 Å². The first-order valence-electron chi connectivity index (χ1n) is 5.27. The van der Waals surface area contributed by atoms with Gasteiger partial charge in [0.2, 0.25) is 0 Å². The number of aromatic nitrogens is 2. The minimum Gasteiger partial charge on any atom is -0.384 e. The number of amides is 1. The molecular formula is C12H14N4O. The monoisotopic (exact) mass is 230 g/mol. The van der Waals surface area contributed by atoms with E-state index in [1.54, 1.807) is 22.9 Å². The topological polar surface area (TPSA) is 72.9 Å². The Kier molecular flexibility index (Phi) is 2.82. The van der Waals surface area contributed by atoms with Crippen molar-refractivity contribution in [3.8, 4) is 0 Å². The molecule has 0 atom stereocenters. The smallest absolute Gasteiger partial charge is 0.288 e. The molecule has 2 aromatic heterocycles. The summed E-state index contributed by atoms with van der Waals surface area (Å²) in [6.45, 7) is 3.83. The van der Waals surface area contributed by atoms with Gasteiger partial charge >= 0.3 is 0 Å². The van der Waals surface area contributed by atoms with Crippen LogP contribution in [0.5, 0.6) is 0 Å². The summed E-state index contributed by atoms with van der Waals surface area (Å²) in [5.41, 5.74) is 10.5. The molecule has 0 unspecified atom stereocenters. The van der Waals surface area contributed by atoms with E-state index in [1.807, 2.05) is 26.0 Å². The van der Waals surface area contributed by atoms with E-state index in [9.17, 15) is 4.79 Å². The van der Waals surface area contributed by atoms with Gasteiger partial charge in [-0.2, -0.15) is 0 Å². The number of rotatable bonds is 2. The molecule has 88 valence electrons. The molecule has 0 aliphatic carbocycles. The SMILES string of the molecule is Cc1ccc(C)n1NC(=O)c1cccc(N)n1. The zero-order valence-corrected chi connectivity index (χ0v) is 9.77. The molecule has 0 saturated heterocycles. The predicted molar refractivity (Wildman–Crippen MR) is 66.2 cm³/mol. The molecule has 0 fully saturated rings. The van der Waals surface area contributed by atoms with Crippen molar-refractivity contribution >= 4 is 11.7 Å². The third kappa shape index (κ3) is 2.28. The lowest BCUT2D eigenvalue weighted by Gasteiger charge is -2.10. The molecule has 2 heterocycles. The lowest BCUT2D eigenvalue weighted by molar-refractivity contribution is 0.100. The summed E-state index contributed by atoms with van der Waals surface area (Å²) in [5, 5.41) is 0. The van der Waals surface area contributed by atoms with Crippen LogP contribution in [0.3, 0.4) is 0 Å². The Morgan fingerprint density at radius 3 is 2.47 bits per heavy atom. The lowest BCUT2D eigenvalue weighted by Crippen LogP contribution is -2.25. The summed E-state index contributed by atoms with van der Waals surface area (Å²) in [5.74, 6) is 0.0540. The van der Waals surface area contributed by atoms with Gasteiger partial charge in [-0.3, -0.25) is 14.9 Å². The summed E-state index contributed by atoms with van der Waals surface area (Å²) in [7, 11) is 0. The summed E-state index contributed by atoms with van der Waals surface area (Å²) in [4.78, 5) is 15.9. The van der Waals surface area contributed by atoms with Crippen molar-refractivity contribution in [3.63, 3.8) is 0 Å². The van der Waals surface area contributed by atoms with Gasteiger partial charge < -0.3 is 5.73 Å². The average molecular weight is 230 g/mol. The van der Waals surface area contributed by atoms with Crippen LogP contribution in [-0.2, 0) is 0 Å². The number of hydrogen-bond donors (Lipinski definition) is 2. The highest BCUT2D eigenvalue weighted by molar-refractivity contribution is 5.98. The van der Waals surface area contributed by atoms with E-state index in [2.05, 4.69) is 10.4 Å². The molecule has 3 N–H and O–H groups in total. The molecule has 0 aromatic carbocycles. The molecule has 2 aromatic rings. The van der Waals surface area contributed by atoms with Crippen molar-refractivity contribution in [2.45, 2.75) is 13.8 Å². The van der Waals surface area contributed by atoms with Gasteiger partial charge in [-0.1, -0.05) is 6.07 Å². The van der Waals surface area contributed by atoms with Gasteiger partial charge in [-0.25, -0.2) is 4.98 Å². The summed E-state index contributed by atoms with van der Waals surface area (Å²) < 4.78 is 1.72. The van der Waals surface area contributed by atoms with Gasteiger partial charge in [0.1, 0.15) is 11.5 Å². The largest absolute Gasteiger partial charge is 0.384 e. The van der Waals surface area contributed by atoms with Crippen LogP contribution < -0.4 is 11.2 Å². The van der Waals surface area contributed by atoms with E-state index in [-0.39, 0.29) is 5.91 Å². The van der Waals surface area contributed by atoms with Gasteiger partial charge in [0.05, 0.1) is 0 Å². The van der Waals surface area contributed by atoms with Crippen LogP contribution in [0.1, 0.15) is 21.9 Å². The molecule has 0 bridgehead atoms. The van der Waals surface area contributed by atoms with Crippen molar-refractivity contribution in [1.29, 1.82) is 0 Å². The molecule has 0 aliphatic rings. The Labute approximate surface area is 99.2 Å². The Balaban J connectivity index is 2.23. The number of pyridine rings is 1. The number of hydrogen-bond acceptors (Lipinski definition) is 3. The number of anilines is 1. The summed E-state index contributed by atoms with van der Waals surface area (Å²) >= 11 is 0. The van der Waals surface area contributed by atoms with Crippen LogP contribution >= 0.6 is 0 Å². The number of nitrogens with one attached hydrogen (secondary N) is 1. The van der Waals surface area contributed by atoms with Crippen LogP contribution in [0, 0.1) is 13.8 Å². The zero-order chi connectivity index (χ0) is 12.4. The number of nitrogens with two attached hydrogens (primary N) is 1. The maximum atomic E-state index is 11.9. The Hall–Kier alpha value is -2.30. The van der Waals surface area contributed by atoms with Gasteiger partial charge in [0.15, 0.2) is 0 Å². The highest BCUT2D eigenvalue weighted by Crippen LogP contribution is 2.06. The number of nitrogen functional groups attached to an aromatic ring is 1. The average Bonchev–Trinajstić information content (AvgIpc) is 2.61. The fourth-order valence-electron chi connectivity index (χ4n) is 1.58. The minimum atomic E-state index is -0.278. The van der Waals surface area contributed by atoms with Gasteiger partial charge in [0, 0.05) is 11.4 Å². The first kappa shape index (κ1) is 11.2. The summed E-state index contributed by atoms with van der Waals surface area (Å²) in [6, 6.07) is 8.83. The highest BCUT2D eigenvalue weighted by atomic mass is 16.2. The number of nitrogens with zero attached hydrogens (tertiary/aromatic N) is 2. The number of aryl methyl sites for hydroxylation is 2. The second-order valence-electron chi connectivity index (χ2n) is 3.84. The van der Waals surface area contributed by atoms with Crippen molar-refractivity contribution in [2.24, 2.45) is 0 Å². The van der Waals surface area contributed by atoms with Crippen LogP contribution in [0.25, 0.3) is 0 Å². The lowest BCUT2D eigenvalue weighted by atomic mass is 10.3. The van der Waals surface area contributed by atoms with Crippen LogP contribution in [0.15, 0.2) is 30.3 Å². The fraction of sp³-hybridized carbons (Fsp3) is 0.167. The Morgan fingerprint density at radius 2 is 1.88 bits per heavy atom. The maximum Gasteiger partial charge on any atom is 0.288 e. The normalized spacial score (nSPS) is 10.2. The maximum absolute atomic E-state index is 11.9. The van der Waals surface area contributed by atoms with Crippen molar-refractivity contribution in [2.75, 3.05) is 11.2 Å². The third-order valence-electron chi connectivity index (χ3n) is 2.49. The van der Waals surface area contributed by atoms with Crippen molar-refractivity contribution in [3.05, 3.63) is 47.4 Å². The standard InChI is InChI=1S/C12H14N4O/c1-8-6-7-9(2)16(8)15-12(17)10-4-3-5-11(13)14-10/h3-7H,1-2H3,(H2,13,14)(H,15,17). The second-order valence-corrected chi connectivity index (χ2v) is 3.84. The van der Waals surface area contributed by atoms with E-state index < -0.39 is 0 Å². The van der Waals surface area contributed by atoms with Gasteiger partial charge in [-0.05, 0) is 38.1 Å². The molecule has 17 heavy (non-hydrogen) atoms. The molecule has 5 nitrogen and oxygen atoms in total. The minimum absolute atomic E-state index is 0.278. The second kappa shape index (κ2) is 4.29. The molecule has 1 amide bonds. The van der Waals surface area contributed by atoms with Crippen LogP contribution in [0.2, 0.25) is 0 Å². The summed E-state index contributed by atoms with van der Waals surface area (Å²) in [6.07, 6.45) is 0. The molecule has 5 heteroatoms. The van der Waals surface area contributed by atoms with Crippen molar-refractivity contribution < 1.29 is 4.79 Å². The third-order valence-corrected chi connectivity index (χ3v) is 2.49. The van der Waals surface area contributed by atoms with E-state index >= 15 is 0 Å². The van der Waals surface area contributed by atoms with Crippen LogP contribution in [-0.4, -0.2) is 15.6 Å². The predicted octanol–water partition coefficient (Wildman–Crippen LogP) is 1.47.